The quantitative estimate of drug-likeness (QED) is 0.688. The summed E-state index contributed by atoms with van der Waals surface area (Å²) in [5.41, 5.74) is 1.83. The highest BCUT2D eigenvalue weighted by Gasteiger charge is 2.31. The van der Waals surface area contributed by atoms with E-state index in [1.807, 2.05) is 44.0 Å². The molecule has 0 bridgehead atoms. The van der Waals surface area contributed by atoms with Gasteiger partial charge in [-0.05, 0) is 43.3 Å². The van der Waals surface area contributed by atoms with Gasteiger partial charge in [0.25, 0.3) is 5.91 Å². The van der Waals surface area contributed by atoms with Gasteiger partial charge in [0.05, 0.1) is 22.5 Å². The zero-order valence-electron chi connectivity index (χ0n) is 16.4. The Hall–Kier alpha value is -2.61. The average Bonchev–Trinajstić information content (AvgIpc) is 3.16. The van der Waals surface area contributed by atoms with Gasteiger partial charge >= 0.3 is 0 Å². The molecule has 3 aromatic rings. The number of anilines is 1. The molecule has 4 heterocycles. The van der Waals surface area contributed by atoms with Crippen LogP contribution in [0, 0.1) is 5.82 Å². The van der Waals surface area contributed by atoms with Crippen molar-refractivity contribution in [2.24, 2.45) is 0 Å². The Morgan fingerprint density at radius 2 is 2.14 bits per heavy atom. The largest absolute Gasteiger partial charge is 0.348 e. The molecule has 0 radical (unpaired) electrons. The summed E-state index contributed by atoms with van der Waals surface area (Å²) in [6, 6.07) is 3.28. The van der Waals surface area contributed by atoms with E-state index in [1.54, 1.807) is 6.20 Å². The third kappa shape index (κ3) is 3.96. The van der Waals surface area contributed by atoms with Gasteiger partial charge in [-0.3, -0.25) is 9.78 Å². The number of rotatable bonds is 4. The lowest BCUT2D eigenvalue weighted by atomic mass is 10.0. The van der Waals surface area contributed by atoms with Crippen molar-refractivity contribution >= 4 is 33.4 Å². The number of likely N-dealkylation sites (tertiary alicyclic amines) is 1. The van der Waals surface area contributed by atoms with Crippen molar-refractivity contribution in [2.75, 3.05) is 11.9 Å². The molecule has 1 amide bonds. The predicted molar refractivity (Wildman–Crippen MR) is 110 cm³/mol. The topological polar surface area (TPSA) is 71.0 Å². The highest BCUT2D eigenvalue weighted by atomic mass is 32.1. The second kappa shape index (κ2) is 8.60. The number of carbonyl (C=O) groups is 1. The molecule has 4 rings (SSSR count). The first-order valence-electron chi connectivity index (χ1n) is 9.46. The van der Waals surface area contributed by atoms with Crippen molar-refractivity contribution < 1.29 is 9.18 Å². The molecular formula is C20H24FN5OS. The summed E-state index contributed by atoms with van der Waals surface area (Å²) in [5.74, 6) is -0.112. The number of fused-ring (bicyclic) bond motifs is 1. The van der Waals surface area contributed by atoms with Gasteiger partial charge < -0.3 is 10.2 Å². The Morgan fingerprint density at radius 1 is 1.36 bits per heavy atom. The van der Waals surface area contributed by atoms with E-state index in [1.165, 1.54) is 17.4 Å². The van der Waals surface area contributed by atoms with Crippen LogP contribution in [0.2, 0.25) is 0 Å². The van der Waals surface area contributed by atoms with E-state index in [2.05, 4.69) is 20.3 Å². The minimum atomic E-state index is -0.395. The molecule has 6 nitrogen and oxygen atoms in total. The normalized spacial score (nSPS) is 16.8. The number of hydrogen-bond donors (Lipinski definition) is 1. The SMILES string of the molecule is CC.CC(Nc1nc(C(=O)N2CCC2C)c2sccc2n1)c1cncc(F)c1. The Labute approximate surface area is 167 Å². The number of hydrogen-bond acceptors (Lipinski definition) is 6. The molecule has 0 saturated carbocycles. The van der Waals surface area contributed by atoms with E-state index in [4.69, 9.17) is 0 Å². The summed E-state index contributed by atoms with van der Waals surface area (Å²) in [7, 11) is 0. The molecule has 1 fully saturated rings. The molecule has 3 aromatic heterocycles. The van der Waals surface area contributed by atoms with Crippen LogP contribution in [-0.4, -0.2) is 38.3 Å². The summed E-state index contributed by atoms with van der Waals surface area (Å²) in [6.07, 6.45) is 3.77. The maximum Gasteiger partial charge on any atom is 0.274 e. The standard InChI is InChI=1S/C18H18FN5OS.C2H6/c1-10-3-5-24(10)17(25)15-16-14(4-6-26-16)22-18(23-15)21-11(2)12-7-13(19)9-20-8-12;1-2/h4,6-11H,3,5H2,1-2H3,(H,21,22,23);1-2H3. The molecule has 0 aromatic carbocycles. The predicted octanol–water partition coefficient (Wildman–Crippen LogP) is 4.66. The summed E-state index contributed by atoms with van der Waals surface area (Å²) < 4.78 is 14.2. The number of nitrogens with zero attached hydrogens (tertiary/aromatic N) is 4. The lowest BCUT2D eigenvalue weighted by molar-refractivity contribution is 0.0498. The van der Waals surface area contributed by atoms with Crippen molar-refractivity contribution in [1.82, 2.24) is 19.9 Å². The van der Waals surface area contributed by atoms with Crippen LogP contribution in [0.15, 0.2) is 29.9 Å². The van der Waals surface area contributed by atoms with Crippen molar-refractivity contribution in [3.8, 4) is 0 Å². The van der Waals surface area contributed by atoms with E-state index in [0.29, 0.717) is 17.2 Å². The van der Waals surface area contributed by atoms with E-state index < -0.39 is 5.82 Å². The maximum absolute atomic E-state index is 13.4. The number of aromatic nitrogens is 3. The van der Waals surface area contributed by atoms with Gasteiger partial charge in [-0.15, -0.1) is 11.3 Å². The Balaban J connectivity index is 0.00000109. The molecular weight excluding hydrogens is 377 g/mol. The van der Waals surface area contributed by atoms with Crippen LogP contribution in [0.5, 0.6) is 0 Å². The van der Waals surface area contributed by atoms with Crippen LogP contribution in [0.3, 0.4) is 0 Å². The Bertz CT molecular complexity index is 976. The lowest BCUT2D eigenvalue weighted by Crippen LogP contribution is -2.49. The second-order valence-corrected chi connectivity index (χ2v) is 7.39. The van der Waals surface area contributed by atoms with Gasteiger partial charge in [0, 0.05) is 18.8 Å². The molecule has 2 atom stereocenters. The Kier molecular flexibility index (Phi) is 6.18. The van der Waals surface area contributed by atoms with Gasteiger partial charge in [0.1, 0.15) is 5.82 Å². The molecule has 28 heavy (non-hydrogen) atoms. The molecule has 1 aliphatic heterocycles. The van der Waals surface area contributed by atoms with Crippen LogP contribution in [0.4, 0.5) is 10.3 Å². The number of amides is 1. The summed E-state index contributed by atoms with van der Waals surface area (Å²) in [6.45, 7) is 8.66. The first-order chi connectivity index (χ1) is 13.5. The second-order valence-electron chi connectivity index (χ2n) is 6.47. The fourth-order valence-corrected chi connectivity index (χ4v) is 3.78. The Morgan fingerprint density at radius 3 is 2.79 bits per heavy atom. The third-order valence-corrected chi connectivity index (χ3v) is 5.57. The summed E-state index contributed by atoms with van der Waals surface area (Å²) >= 11 is 1.46. The minimum Gasteiger partial charge on any atom is -0.348 e. The third-order valence-electron chi connectivity index (χ3n) is 4.66. The molecule has 8 heteroatoms. The van der Waals surface area contributed by atoms with Crippen LogP contribution in [0.1, 0.15) is 56.2 Å². The number of halogens is 1. The van der Waals surface area contributed by atoms with Crippen LogP contribution in [0.25, 0.3) is 10.2 Å². The number of pyridine rings is 1. The van der Waals surface area contributed by atoms with Crippen molar-refractivity contribution in [3.05, 3.63) is 47.0 Å². The zero-order valence-corrected chi connectivity index (χ0v) is 17.3. The van der Waals surface area contributed by atoms with Crippen LogP contribution in [-0.2, 0) is 0 Å². The maximum atomic E-state index is 13.4. The van der Waals surface area contributed by atoms with Crippen molar-refractivity contribution in [3.63, 3.8) is 0 Å². The molecule has 1 saturated heterocycles. The van der Waals surface area contributed by atoms with Gasteiger partial charge in [-0.1, -0.05) is 13.8 Å². The number of carbonyl (C=O) groups excluding carboxylic acids is 1. The number of thiophene rings is 1. The average molecular weight is 402 g/mol. The molecule has 0 spiro atoms. The molecule has 148 valence electrons. The van der Waals surface area contributed by atoms with Gasteiger partial charge in [-0.25, -0.2) is 14.4 Å². The van der Waals surface area contributed by atoms with Gasteiger partial charge in [-0.2, -0.15) is 0 Å². The highest BCUT2D eigenvalue weighted by Crippen LogP contribution is 2.28. The fourth-order valence-electron chi connectivity index (χ4n) is 2.97. The lowest BCUT2D eigenvalue weighted by Gasteiger charge is -2.38. The number of nitrogens with one attached hydrogen (secondary N) is 1. The van der Waals surface area contributed by atoms with E-state index in [-0.39, 0.29) is 18.0 Å². The first kappa shape index (κ1) is 20.1. The molecule has 0 aliphatic carbocycles. The van der Waals surface area contributed by atoms with Crippen LogP contribution >= 0.6 is 11.3 Å². The fraction of sp³-hybridized carbons (Fsp3) is 0.400. The molecule has 1 N–H and O–H groups in total. The molecule has 1 aliphatic rings. The first-order valence-corrected chi connectivity index (χ1v) is 10.3. The van der Waals surface area contributed by atoms with Gasteiger partial charge in [0.15, 0.2) is 5.69 Å². The van der Waals surface area contributed by atoms with E-state index in [0.717, 1.165) is 29.4 Å². The van der Waals surface area contributed by atoms with Crippen molar-refractivity contribution in [2.45, 2.75) is 46.2 Å². The minimum absolute atomic E-state index is 0.0678. The van der Waals surface area contributed by atoms with Crippen molar-refractivity contribution in [1.29, 1.82) is 0 Å². The summed E-state index contributed by atoms with van der Waals surface area (Å²) in [4.78, 5) is 27.5. The zero-order chi connectivity index (χ0) is 20.3. The monoisotopic (exact) mass is 401 g/mol. The van der Waals surface area contributed by atoms with Crippen LogP contribution < -0.4 is 5.32 Å². The summed E-state index contributed by atoms with van der Waals surface area (Å²) in [5, 5.41) is 5.06. The molecule has 2 unspecified atom stereocenters. The van der Waals surface area contributed by atoms with Gasteiger partial charge in [0.2, 0.25) is 5.95 Å². The van der Waals surface area contributed by atoms with E-state index in [9.17, 15) is 9.18 Å². The smallest absolute Gasteiger partial charge is 0.274 e. The highest BCUT2D eigenvalue weighted by molar-refractivity contribution is 7.17. The van der Waals surface area contributed by atoms with E-state index >= 15 is 0 Å².